The van der Waals surface area contributed by atoms with Crippen molar-refractivity contribution < 1.29 is 27.5 Å². The van der Waals surface area contributed by atoms with Crippen LogP contribution in [0.5, 0.6) is 11.5 Å². The number of halogens is 1. The Morgan fingerprint density at radius 3 is 2.27 bits per heavy atom. The zero-order chi connectivity index (χ0) is 28.7. The summed E-state index contributed by atoms with van der Waals surface area (Å²) in [7, 11) is -4.26. The van der Waals surface area contributed by atoms with Gasteiger partial charge < -0.3 is 14.8 Å². The molecule has 10 heteroatoms. The highest BCUT2D eigenvalue weighted by Crippen LogP contribution is 2.28. The van der Waals surface area contributed by atoms with Crippen LogP contribution in [0.1, 0.15) is 24.2 Å². The van der Waals surface area contributed by atoms with Crippen LogP contribution in [0.2, 0.25) is 5.02 Å². The molecule has 0 aliphatic rings. The molecule has 0 bridgehead atoms. The first-order valence-electron chi connectivity index (χ1n) is 12.3. The molecule has 4 aromatic carbocycles. The Labute approximate surface area is 238 Å². The van der Waals surface area contributed by atoms with E-state index in [1.54, 1.807) is 68.4 Å². The summed E-state index contributed by atoms with van der Waals surface area (Å²) in [6, 6.07) is 27.7. The van der Waals surface area contributed by atoms with Crippen LogP contribution in [0, 0.1) is 0 Å². The van der Waals surface area contributed by atoms with Gasteiger partial charge in [0.1, 0.15) is 18.0 Å². The Morgan fingerprint density at radius 2 is 1.55 bits per heavy atom. The van der Waals surface area contributed by atoms with Crippen molar-refractivity contribution in [2.75, 3.05) is 16.2 Å². The van der Waals surface area contributed by atoms with Crippen LogP contribution in [-0.4, -0.2) is 32.9 Å². The van der Waals surface area contributed by atoms with Gasteiger partial charge in [-0.15, -0.1) is 0 Å². The molecule has 0 aliphatic heterocycles. The molecule has 0 unspecified atom stereocenters. The highest BCUT2D eigenvalue weighted by molar-refractivity contribution is 7.92. The highest BCUT2D eigenvalue weighted by Gasteiger charge is 2.28. The van der Waals surface area contributed by atoms with Crippen LogP contribution in [-0.2, 0) is 19.6 Å². The third kappa shape index (κ3) is 7.40. The number of sulfonamides is 1. The van der Waals surface area contributed by atoms with E-state index in [2.05, 4.69) is 5.32 Å². The summed E-state index contributed by atoms with van der Waals surface area (Å²) in [5.41, 5.74) is 0.757. The summed E-state index contributed by atoms with van der Waals surface area (Å²) < 4.78 is 39.4. The topological polar surface area (TPSA) is 102 Å². The van der Waals surface area contributed by atoms with E-state index >= 15 is 0 Å². The summed E-state index contributed by atoms with van der Waals surface area (Å²) in [5.74, 6) is -0.0824. The van der Waals surface area contributed by atoms with Crippen molar-refractivity contribution in [3.63, 3.8) is 0 Å². The van der Waals surface area contributed by atoms with Gasteiger partial charge >= 0.3 is 5.97 Å². The Hall–Kier alpha value is -4.34. The number of nitrogens with one attached hydrogen (secondary N) is 1. The van der Waals surface area contributed by atoms with Crippen molar-refractivity contribution in [1.82, 2.24) is 0 Å². The van der Waals surface area contributed by atoms with Gasteiger partial charge in [0.15, 0.2) is 0 Å². The van der Waals surface area contributed by atoms with Crippen LogP contribution < -0.4 is 14.4 Å². The molecule has 40 heavy (non-hydrogen) atoms. The molecule has 0 radical (unpaired) electrons. The van der Waals surface area contributed by atoms with E-state index in [-0.39, 0.29) is 16.3 Å². The van der Waals surface area contributed by atoms with Gasteiger partial charge in [-0.1, -0.05) is 48.0 Å². The van der Waals surface area contributed by atoms with Gasteiger partial charge in [-0.2, -0.15) is 0 Å². The van der Waals surface area contributed by atoms with Crippen molar-refractivity contribution in [3.05, 3.63) is 114 Å². The number of hydrogen-bond acceptors (Lipinski definition) is 6. The molecular formula is C30H27ClN2O6S. The number of carbonyl (C=O) groups excluding carboxylic acids is 2. The predicted molar refractivity (Wildman–Crippen MR) is 155 cm³/mol. The second kappa shape index (κ2) is 12.7. The molecule has 1 amide bonds. The van der Waals surface area contributed by atoms with Crippen molar-refractivity contribution in [1.29, 1.82) is 0 Å². The Morgan fingerprint density at radius 1 is 0.850 bits per heavy atom. The zero-order valence-corrected chi connectivity index (χ0v) is 23.4. The first kappa shape index (κ1) is 28.7. The number of nitrogens with zero attached hydrogens (tertiary/aromatic N) is 1. The largest absolute Gasteiger partial charge is 0.462 e. The molecule has 0 saturated carbocycles. The third-order valence-electron chi connectivity index (χ3n) is 5.49. The molecular weight excluding hydrogens is 552 g/mol. The van der Waals surface area contributed by atoms with Gasteiger partial charge in [0, 0.05) is 16.3 Å². The lowest BCUT2D eigenvalue weighted by Gasteiger charge is -2.24. The summed E-state index contributed by atoms with van der Waals surface area (Å²) in [6.45, 7) is 2.78. The van der Waals surface area contributed by atoms with Gasteiger partial charge in [0.05, 0.1) is 16.7 Å². The maximum Gasteiger partial charge on any atom is 0.327 e. The fourth-order valence-corrected chi connectivity index (χ4v) is 5.39. The van der Waals surface area contributed by atoms with Gasteiger partial charge in [0.25, 0.3) is 15.9 Å². The summed E-state index contributed by atoms with van der Waals surface area (Å²) in [6.07, 6.45) is -0.424. The first-order chi connectivity index (χ1) is 19.1. The minimum absolute atomic E-state index is 0.135. The lowest BCUT2D eigenvalue weighted by molar-refractivity contribution is -0.145. The summed E-state index contributed by atoms with van der Waals surface area (Å²) in [4.78, 5) is 25.4. The van der Waals surface area contributed by atoms with Gasteiger partial charge in [-0.05, 0) is 80.6 Å². The number of para-hydroxylation sites is 1. The fourth-order valence-electron chi connectivity index (χ4n) is 3.75. The van der Waals surface area contributed by atoms with E-state index in [9.17, 15) is 18.0 Å². The Kier molecular flexibility index (Phi) is 9.08. The second-order valence-corrected chi connectivity index (χ2v) is 11.3. The second-order valence-electron chi connectivity index (χ2n) is 8.96. The monoisotopic (exact) mass is 578 g/mol. The molecule has 0 spiro atoms. The van der Waals surface area contributed by atoms with Crippen molar-refractivity contribution >= 4 is 44.9 Å². The zero-order valence-electron chi connectivity index (χ0n) is 21.8. The smallest absolute Gasteiger partial charge is 0.327 e. The van der Waals surface area contributed by atoms with E-state index in [0.29, 0.717) is 22.1 Å². The van der Waals surface area contributed by atoms with Crippen LogP contribution >= 0.6 is 11.6 Å². The maximum absolute atomic E-state index is 13.7. The molecule has 8 nitrogen and oxygen atoms in total. The van der Waals surface area contributed by atoms with Gasteiger partial charge in [0.2, 0.25) is 0 Å². The number of rotatable bonds is 10. The van der Waals surface area contributed by atoms with E-state index in [0.717, 1.165) is 4.31 Å². The van der Waals surface area contributed by atoms with Gasteiger partial charge in [-0.25, -0.2) is 8.42 Å². The average molecular weight is 579 g/mol. The SMILES string of the molecule is CC(C)OC(=O)CN(c1cccc(Cl)c1)S(=O)(=O)c1cccc(NC(=O)c2cccc(Oc3ccccc3)c2)c1. The van der Waals surface area contributed by atoms with Crippen molar-refractivity contribution in [2.24, 2.45) is 0 Å². The quantitative estimate of drug-likeness (QED) is 0.215. The molecule has 206 valence electrons. The van der Waals surface area contributed by atoms with Crippen LogP contribution in [0.4, 0.5) is 11.4 Å². The minimum atomic E-state index is -4.26. The lowest BCUT2D eigenvalue weighted by atomic mass is 10.2. The molecule has 4 aromatic rings. The van der Waals surface area contributed by atoms with Gasteiger partial charge in [-0.3, -0.25) is 13.9 Å². The standard InChI is InChI=1S/C30H27ClN2O6S/c1-21(2)38-29(34)20-33(25-12-7-10-23(31)18-25)40(36,37)28-16-8-11-24(19-28)32-30(35)22-9-6-15-27(17-22)39-26-13-4-3-5-14-26/h3-19,21H,20H2,1-2H3,(H,32,35). The number of carbonyl (C=O) groups is 2. The number of benzene rings is 4. The number of anilines is 2. The van der Waals surface area contributed by atoms with Crippen molar-refractivity contribution in [2.45, 2.75) is 24.8 Å². The van der Waals surface area contributed by atoms with E-state index < -0.39 is 34.5 Å². The average Bonchev–Trinajstić information content (AvgIpc) is 2.92. The molecule has 0 aliphatic carbocycles. The number of hydrogen-bond donors (Lipinski definition) is 1. The molecule has 0 saturated heterocycles. The predicted octanol–water partition coefficient (Wildman–Crippen LogP) is 6.53. The first-order valence-corrected chi connectivity index (χ1v) is 14.2. The molecule has 0 heterocycles. The minimum Gasteiger partial charge on any atom is -0.462 e. The van der Waals surface area contributed by atoms with Crippen molar-refractivity contribution in [3.8, 4) is 11.5 Å². The van der Waals surface area contributed by atoms with Crippen LogP contribution in [0.25, 0.3) is 0 Å². The summed E-state index contributed by atoms with van der Waals surface area (Å²) >= 11 is 6.11. The van der Waals surface area contributed by atoms with Crippen LogP contribution in [0.3, 0.4) is 0 Å². The molecule has 1 N–H and O–H groups in total. The van der Waals surface area contributed by atoms with E-state index in [4.69, 9.17) is 21.1 Å². The Bertz CT molecular complexity index is 1610. The number of amides is 1. The molecule has 0 fully saturated rings. The van der Waals surface area contributed by atoms with E-state index in [1.165, 1.54) is 30.3 Å². The summed E-state index contributed by atoms with van der Waals surface area (Å²) in [5, 5.41) is 3.03. The lowest BCUT2D eigenvalue weighted by Crippen LogP contribution is -2.37. The van der Waals surface area contributed by atoms with E-state index in [1.807, 2.05) is 18.2 Å². The highest BCUT2D eigenvalue weighted by atomic mass is 35.5. The van der Waals surface area contributed by atoms with Crippen LogP contribution in [0.15, 0.2) is 108 Å². The number of esters is 1. The third-order valence-corrected chi connectivity index (χ3v) is 7.50. The molecule has 4 rings (SSSR count). The molecule has 0 aromatic heterocycles. The normalized spacial score (nSPS) is 11.1. The number of ether oxygens (including phenoxy) is 2. The maximum atomic E-state index is 13.7. The Balaban J connectivity index is 1.58. The molecule has 0 atom stereocenters. The fraction of sp³-hybridized carbons (Fsp3) is 0.133.